The molecule has 0 amide bonds. The molecule has 0 unspecified atom stereocenters. The summed E-state index contributed by atoms with van der Waals surface area (Å²) in [5.41, 5.74) is 1.79. The van der Waals surface area contributed by atoms with Crippen LogP contribution >= 0.6 is 11.8 Å². The zero-order chi connectivity index (χ0) is 15.1. The normalized spacial score (nSPS) is 10.2. The van der Waals surface area contributed by atoms with Crippen LogP contribution in [0.5, 0.6) is 5.75 Å². The average Bonchev–Trinajstić information content (AvgIpc) is 2.53. The van der Waals surface area contributed by atoms with Gasteiger partial charge in [0.25, 0.3) is 0 Å². The summed E-state index contributed by atoms with van der Waals surface area (Å²) in [5.74, 6) is 1.30. The maximum Gasteiger partial charge on any atom is 0.337 e. The largest absolute Gasteiger partial charge is 0.493 e. The number of thioether (sulfide) groups is 1. The molecule has 0 aromatic heterocycles. The fourth-order valence-electron chi connectivity index (χ4n) is 1.76. The highest BCUT2D eigenvalue weighted by Gasteiger charge is 2.04. The van der Waals surface area contributed by atoms with Crippen LogP contribution in [0.1, 0.15) is 15.9 Å². The Morgan fingerprint density at radius 1 is 1.05 bits per heavy atom. The molecule has 2 aromatic rings. The first-order chi connectivity index (χ1) is 10.2. The van der Waals surface area contributed by atoms with Crippen LogP contribution in [0, 0.1) is 6.92 Å². The van der Waals surface area contributed by atoms with Crippen LogP contribution < -0.4 is 4.74 Å². The van der Waals surface area contributed by atoms with E-state index in [2.05, 4.69) is 35.9 Å². The molecule has 21 heavy (non-hydrogen) atoms. The fourth-order valence-corrected chi connectivity index (χ4v) is 2.49. The summed E-state index contributed by atoms with van der Waals surface area (Å²) >= 11 is 1.76. The van der Waals surface area contributed by atoms with Gasteiger partial charge in [0.1, 0.15) is 5.75 Å². The number of methoxy groups -OCH3 is 1. The van der Waals surface area contributed by atoms with Crippen LogP contribution in [0.2, 0.25) is 0 Å². The molecule has 0 fully saturated rings. The van der Waals surface area contributed by atoms with Crippen LogP contribution in [0.15, 0.2) is 53.4 Å². The van der Waals surface area contributed by atoms with Gasteiger partial charge in [-0.1, -0.05) is 17.7 Å². The molecule has 0 atom stereocenters. The van der Waals surface area contributed by atoms with Gasteiger partial charge in [-0.3, -0.25) is 0 Å². The fraction of sp³-hybridized carbons (Fsp3) is 0.235. The van der Waals surface area contributed by atoms with Crippen molar-refractivity contribution in [3.63, 3.8) is 0 Å². The molecular weight excluding hydrogens is 284 g/mol. The number of esters is 1. The van der Waals surface area contributed by atoms with Crippen LogP contribution in [0.25, 0.3) is 0 Å². The number of carbonyl (C=O) groups is 1. The Kier molecular flexibility index (Phi) is 5.69. The lowest BCUT2D eigenvalue weighted by Crippen LogP contribution is -2.02. The molecular formula is C17H18O3S. The summed E-state index contributed by atoms with van der Waals surface area (Å²) in [7, 11) is 1.37. The molecule has 2 rings (SSSR count). The molecule has 0 saturated heterocycles. The summed E-state index contributed by atoms with van der Waals surface area (Å²) in [5, 5.41) is 0. The van der Waals surface area contributed by atoms with E-state index in [0.29, 0.717) is 12.2 Å². The SMILES string of the molecule is COC(=O)c1ccc(OCCSc2ccc(C)cc2)cc1. The first-order valence-electron chi connectivity index (χ1n) is 6.69. The Bertz CT molecular complexity index is 576. The summed E-state index contributed by atoms with van der Waals surface area (Å²) in [6.07, 6.45) is 0. The van der Waals surface area contributed by atoms with Crippen molar-refractivity contribution >= 4 is 17.7 Å². The molecule has 3 nitrogen and oxygen atoms in total. The number of hydrogen-bond acceptors (Lipinski definition) is 4. The Balaban J connectivity index is 1.75. The van der Waals surface area contributed by atoms with Crippen molar-refractivity contribution in [1.29, 1.82) is 0 Å². The minimum absolute atomic E-state index is 0.337. The van der Waals surface area contributed by atoms with Crippen LogP contribution in [0.4, 0.5) is 0 Å². The zero-order valence-electron chi connectivity index (χ0n) is 12.2. The lowest BCUT2D eigenvalue weighted by atomic mass is 10.2. The molecule has 0 N–H and O–H groups in total. The molecule has 0 aliphatic rings. The van der Waals surface area contributed by atoms with Gasteiger partial charge in [0.05, 0.1) is 19.3 Å². The van der Waals surface area contributed by atoms with Crippen molar-refractivity contribution in [2.24, 2.45) is 0 Å². The van der Waals surface area contributed by atoms with Gasteiger partial charge in [0, 0.05) is 10.6 Å². The van der Waals surface area contributed by atoms with Gasteiger partial charge in [-0.15, -0.1) is 11.8 Å². The Morgan fingerprint density at radius 2 is 1.71 bits per heavy atom. The Morgan fingerprint density at radius 3 is 2.33 bits per heavy atom. The maximum atomic E-state index is 11.3. The Hall–Kier alpha value is -1.94. The Labute approximate surface area is 129 Å². The van der Waals surface area contributed by atoms with Crippen LogP contribution in [0.3, 0.4) is 0 Å². The van der Waals surface area contributed by atoms with Crippen molar-refractivity contribution in [3.8, 4) is 5.75 Å². The van der Waals surface area contributed by atoms with Gasteiger partial charge in [0.2, 0.25) is 0 Å². The molecule has 0 aliphatic carbocycles. The minimum Gasteiger partial charge on any atom is -0.493 e. The standard InChI is InChI=1S/C17H18O3S/c1-13-3-9-16(10-4-13)21-12-11-20-15-7-5-14(6-8-15)17(18)19-2/h3-10H,11-12H2,1-2H3. The molecule has 0 heterocycles. The molecule has 0 radical (unpaired) electrons. The second-order valence-corrected chi connectivity index (χ2v) is 5.69. The van der Waals surface area contributed by atoms with Gasteiger partial charge in [0.15, 0.2) is 0 Å². The monoisotopic (exact) mass is 302 g/mol. The first-order valence-corrected chi connectivity index (χ1v) is 7.68. The van der Waals surface area contributed by atoms with Gasteiger partial charge in [-0.05, 0) is 43.3 Å². The third-order valence-electron chi connectivity index (χ3n) is 2.92. The predicted molar refractivity (Wildman–Crippen MR) is 85.2 cm³/mol. The van der Waals surface area contributed by atoms with Gasteiger partial charge in [-0.25, -0.2) is 4.79 Å². The molecule has 0 bridgehead atoms. The summed E-state index contributed by atoms with van der Waals surface area (Å²) in [6, 6.07) is 15.4. The quantitative estimate of drug-likeness (QED) is 0.460. The number of aryl methyl sites for hydroxylation is 1. The van der Waals surface area contributed by atoms with Crippen molar-refractivity contribution in [2.45, 2.75) is 11.8 Å². The van der Waals surface area contributed by atoms with Crippen molar-refractivity contribution in [1.82, 2.24) is 0 Å². The number of ether oxygens (including phenoxy) is 2. The van der Waals surface area contributed by atoms with E-state index in [1.165, 1.54) is 17.6 Å². The van der Waals surface area contributed by atoms with Crippen molar-refractivity contribution in [3.05, 3.63) is 59.7 Å². The third kappa shape index (κ3) is 4.83. The number of benzene rings is 2. The predicted octanol–water partition coefficient (Wildman–Crippen LogP) is 3.95. The highest BCUT2D eigenvalue weighted by Crippen LogP contribution is 2.19. The van der Waals surface area contributed by atoms with Crippen LogP contribution in [-0.4, -0.2) is 25.4 Å². The van der Waals surface area contributed by atoms with E-state index in [9.17, 15) is 4.79 Å². The van der Waals surface area contributed by atoms with E-state index in [1.807, 2.05) is 0 Å². The van der Waals surface area contributed by atoms with Crippen molar-refractivity contribution < 1.29 is 14.3 Å². The summed E-state index contributed by atoms with van der Waals surface area (Å²) in [6.45, 7) is 2.70. The van der Waals surface area contributed by atoms with Gasteiger partial charge < -0.3 is 9.47 Å². The van der Waals surface area contributed by atoms with Gasteiger partial charge >= 0.3 is 5.97 Å². The molecule has 0 saturated carbocycles. The lowest BCUT2D eigenvalue weighted by Gasteiger charge is -2.07. The van der Waals surface area contributed by atoms with Gasteiger partial charge in [-0.2, -0.15) is 0 Å². The number of rotatable bonds is 6. The summed E-state index contributed by atoms with van der Waals surface area (Å²) < 4.78 is 10.3. The molecule has 110 valence electrons. The van der Waals surface area contributed by atoms with Crippen molar-refractivity contribution in [2.75, 3.05) is 19.5 Å². The molecule has 4 heteroatoms. The van der Waals surface area contributed by atoms with E-state index in [4.69, 9.17) is 4.74 Å². The van der Waals surface area contributed by atoms with E-state index in [-0.39, 0.29) is 5.97 Å². The van der Waals surface area contributed by atoms with E-state index >= 15 is 0 Å². The van der Waals surface area contributed by atoms with E-state index < -0.39 is 0 Å². The molecule has 2 aromatic carbocycles. The topological polar surface area (TPSA) is 35.5 Å². The second-order valence-electron chi connectivity index (χ2n) is 4.53. The maximum absolute atomic E-state index is 11.3. The average molecular weight is 302 g/mol. The molecule has 0 spiro atoms. The van der Waals surface area contributed by atoms with E-state index in [1.54, 1.807) is 36.0 Å². The lowest BCUT2D eigenvalue weighted by molar-refractivity contribution is 0.0600. The highest BCUT2D eigenvalue weighted by molar-refractivity contribution is 7.99. The first kappa shape index (κ1) is 15.4. The summed E-state index contributed by atoms with van der Waals surface area (Å²) in [4.78, 5) is 12.5. The number of hydrogen-bond donors (Lipinski definition) is 0. The highest BCUT2D eigenvalue weighted by atomic mass is 32.2. The number of carbonyl (C=O) groups excluding carboxylic acids is 1. The second kappa shape index (κ2) is 7.74. The van der Waals surface area contributed by atoms with Crippen LogP contribution in [-0.2, 0) is 4.74 Å². The molecule has 0 aliphatic heterocycles. The minimum atomic E-state index is -0.337. The third-order valence-corrected chi connectivity index (χ3v) is 3.89. The zero-order valence-corrected chi connectivity index (χ0v) is 13.0. The van der Waals surface area contributed by atoms with E-state index in [0.717, 1.165) is 11.5 Å². The smallest absolute Gasteiger partial charge is 0.337 e.